The Bertz CT molecular complexity index is 108. The van der Waals surface area contributed by atoms with Crippen LogP contribution in [-0.4, -0.2) is 6.54 Å². The van der Waals surface area contributed by atoms with E-state index in [4.69, 9.17) is 0 Å². The van der Waals surface area contributed by atoms with Gasteiger partial charge in [-0.25, -0.2) is 0 Å². The standard InChI is InChI=1S/C8H15N/c1-4-9-7-5-6-8(2)3/h5-7,9H,4H2,1-3H3/b7-5-. The maximum Gasteiger partial charge on any atom is 0.0113 e. The van der Waals surface area contributed by atoms with Crippen molar-refractivity contribution in [1.29, 1.82) is 0 Å². The molecule has 0 aromatic heterocycles. The average molecular weight is 125 g/mol. The molecule has 0 radical (unpaired) electrons. The summed E-state index contributed by atoms with van der Waals surface area (Å²) >= 11 is 0. The second kappa shape index (κ2) is 5.42. The van der Waals surface area contributed by atoms with E-state index in [9.17, 15) is 0 Å². The zero-order valence-electron chi connectivity index (χ0n) is 6.44. The van der Waals surface area contributed by atoms with Gasteiger partial charge in [-0.1, -0.05) is 11.6 Å². The van der Waals surface area contributed by atoms with Crippen LogP contribution in [0.15, 0.2) is 23.9 Å². The first kappa shape index (κ1) is 8.28. The fraction of sp³-hybridized carbons (Fsp3) is 0.500. The van der Waals surface area contributed by atoms with Crippen LogP contribution >= 0.6 is 0 Å². The van der Waals surface area contributed by atoms with Crippen molar-refractivity contribution < 1.29 is 0 Å². The van der Waals surface area contributed by atoms with Crippen molar-refractivity contribution in [2.75, 3.05) is 6.54 Å². The Hall–Kier alpha value is -0.720. The lowest BCUT2D eigenvalue weighted by atomic mass is 10.3. The van der Waals surface area contributed by atoms with Gasteiger partial charge in [0.1, 0.15) is 0 Å². The van der Waals surface area contributed by atoms with Crippen LogP contribution in [0, 0.1) is 0 Å². The highest BCUT2D eigenvalue weighted by atomic mass is 14.8. The summed E-state index contributed by atoms with van der Waals surface area (Å²) in [6, 6.07) is 0. The zero-order valence-corrected chi connectivity index (χ0v) is 6.44. The van der Waals surface area contributed by atoms with Gasteiger partial charge in [-0.15, -0.1) is 0 Å². The molecule has 0 aliphatic carbocycles. The first-order chi connectivity index (χ1) is 4.27. The summed E-state index contributed by atoms with van der Waals surface area (Å²) in [5.41, 5.74) is 1.32. The molecule has 0 aliphatic rings. The highest BCUT2D eigenvalue weighted by Gasteiger charge is 1.68. The summed E-state index contributed by atoms with van der Waals surface area (Å²) in [4.78, 5) is 0. The predicted molar refractivity (Wildman–Crippen MR) is 42.2 cm³/mol. The molecular formula is C8H15N. The van der Waals surface area contributed by atoms with E-state index in [1.165, 1.54) is 5.57 Å². The van der Waals surface area contributed by atoms with Crippen molar-refractivity contribution in [1.82, 2.24) is 5.32 Å². The predicted octanol–water partition coefficient (Wildman–Crippen LogP) is 2.08. The van der Waals surface area contributed by atoms with Crippen LogP contribution in [0.1, 0.15) is 20.8 Å². The van der Waals surface area contributed by atoms with Gasteiger partial charge in [0, 0.05) is 6.54 Å². The van der Waals surface area contributed by atoms with Crippen LogP contribution in [-0.2, 0) is 0 Å². The Labute approximate surface area is 57.5 Å². The van der Waals surface area contributed by atoms with E-state index in [2.05, 4.69) is 32.2 Å². The summed E-state index contributed by atoms with van der Waals surface area (Å²) in [7, 11) is 0. The summed E-state index contributed by atoms with van der Waals surface area (Å²) in [5.74, 6) is 0. The third-order valence-electron chi connectivity index (χ3n) is 0.848. The summed E-state index contributed by atoms with van der Waals surface area (Å²) < 4.78 is 0. The topological polar surface area (TPSA) is 12.0 Å². The molecule has 0 unspecified atom stereocenters. The minimum atomic E-state index is 0.993. The highest BCUT2D eigenvalue weighted by molar-refractivity contribution is 5.07. The largest absolute Gasteiger partial charge is 0.391 e. The van der Waals surface area contributed by atoms with Crippen LogP contribution in [0.3, 0.4) is 0 Å². The highest BCUT2D eigenvalue weighted by Crippen LogP contribution is 1.86. The van der Waals surface area contributed by atoms with Gasteiger partial charge in [0.15, 0.2) is 0 Å². The Balaban J connectivity index is 3.35. The van der Waals surface area contributed by atoms with Crippen LogP contribution in [0.4, 0.5) is 0 Å². The fourth-order valence-corrected chi connectivity index (χ4v) is 0.426. The number of hydrogen-bond acceptors (Lipinski definition) is 1. The van der Waals surface area contributed by atoms with E-state index in [0.29, 0.717) is 0 Å². The number of nitrogens with one attached hydrogen (secondary N) is 1. The van der Waals surface area contributed by atoms with Gasteiger partial charge in [0.2, 0.25) is 0 Å². The molecule has 0 aliphatic heterocycles. The molecule has 1 N–H and O–H groups in total. The normalized spacial score (nSPS) is 9.67. The van der Waals surface area contributed by atoms with Crippen molar-refractivity contribution >= 4 is 0 Å². The SMILES string of the molecule is CCN/C=C\C=C(C)C. The molecule has 0 aromatic rings. The molecule has 0 rings (SSSR count). The monoisotopic (exact) mass is 125 g/mol. The van der Waals surface area contributed by atoms with Gasteiger partial charge >= 0.3 is 0 Å². The minimum absolute atomic E-state index is 0.993. The molecule has 52 valence electrons. The molecule has 0 bridgehead atoms. The molecule has 1 nitrogen and oxygen atoms in total. The Kier molecular flexibility index (Phi) is 4.98. The third-order valence-corrected chi connectivity index (χ3v) is 0.848. The molecular weight excluding hydrogens is 110 g/mol. The maximum absolute atomic E-state index is 3.08. The second-order valence-electron chi connectivity index (χ2n) is 2.16. The Morgan fingerprint density at radius 3 is 2.56 bits per heavy atom. The first-order valence-corrected chi connectivity index (χ1v) is 3.30. The quantitative estimate of drug-likeness (QED) is 0.569. The van der Waals surface area contributed by atoms with E-state index >= 15 is 0 Å². The van der Waals surface area contributed by atoms with E-state index in [-0.39, 0.29) is 0 Å². The number of allylic oxidation sites excluding steroid dienone is 3. The van der Waals surface area contributed by atoms with Gasteiger partial charge < -0.3 is 5.32 Å². The zero-order chi connectivity index (χ0) is 7.11. The lowest BCUT2D eigenvalue weighted by Crippen LogP contribution is -2.00. The fourth-order valence-electron chi connectivity index (χ4n) is 0.426. The van der Waals surface area contributed by atoms with Crippen LogP contribution < -0.4 is 5.32 Å². The summed E-state index contributed by atoms with van der Waals surface area (Å²) in [5, 5.41) is 3.08. The molecule has 0 saturated heterocycles. The van der Waals surface area contributed by atoms with Crippen LogP contribution in [0.2, 0.25) is 0 Å². The first-order valence-electron chi connectivity index (χ1n) is 3.30. The molecule has 0 fully saturated rings. The molecule has 0 amide bonds. The van der Waals surface area contributed by atoms with Crippen molar-refractivity contribution in [2.24, 2.45) is 0 Å². The smallest absolute Gasteiger partial charge is 0.0113 e. The third kappa shape index (κ3) is 7.28. The van der Waals surface area contributed by atoms with Gasteiger partial charge in [0.05, 0.1) is 0 Å². The summed E-state index contributed by atoms with van der Waals surface area (Å²) in [6.07, 6.45) is 6.04. The lowest BCUT2D eigenvalue weighted by Gasteiger charge is -1.88. The van der Waals surface area contributed by atoms with Gasteiger partial charge in [-0.3, -0.25) is 0 Å². The van der Waals surface area contributed by atoms with Crippen LogP contribution in [0.5, 0.6) is 0 Å². The molecule has 0 spiro atoms. The van der Waals surface area contributed by atoms with E-state index in [1.807, 2.05) is 12.3 Å². The Morgan fingerprint density at radius 1 is 1.44 bits per heavy atom. The molecule has 9 heavy (non-hydrogen) atoms. The summed E-state index contributed by atoms with van der Waals surface area (Å²) in [6.45, 7) is 7.23. The molecule has 0 heterocycles. The van der Waals surface area contributed by atoms with Gasteiger partial charge in [-0.2, -0.15) is 0 Å². The molecule has 0 aromatic carbocycles. The van der Waals surface area contributed by atoms with Crippen molar-refractivity contribution in [3.05, 3.63) is 23.9 Å². The van der Waals surface area contributed by atoms with E-state index in [0.717, 1.165) is 6.54 Å². The number of hydrogen-bond donors (Lipinski definition) is 1. The molecule has 1 heteroatoms. The second-order valence-corrected chi connectivity index (χ2v) is 2.16. The van der Waals surface area contributed by atoms with E-state index in [1.54, 1.807) is 0 Å². The van der Waals surface area contributed by atoms with Crippen molar-refractivity contribution in [2.45, 2.75) is 20.8 Å². The average Bonchev–Trinajstić information content (AvgIpc) is 1.80. The van der Waals surface area contributed by atoms with Crippen molar-refractivity contribution in [3.8, 4) is 0 Å². The van der Waals surface area contributed by atoms with Gasteiger partial charge in [0.25, 0.3) is 0 Å². The molecule has 0 saturated carbocycles. The van der Waals surface area contributed by atoms with Crippen LogP contribution in [0.25, 0.3) is 0 Å². The van der Waals surface area contributed by atoms with Gasteiger partial charge in [-0.05, 0) is 33.0 Å². The van der Waals surface area contributed by atoms with Crippen molar-refractivity contribution in [3.63, 3.8) is 0 Å². The Morgan fingerprint density at radius 2 is 2.11 bits per heavy atom. The maximum atomic E-state index is 3.08. The molecule has 0 atom stereocenters. The minimum Gasteiger partial charge on any atom is -0.391 e. The lowest BCUT2D eigenvalue weighted by molar-refractivity contribution is 0.919. The number of rotatable bonds is 3. The van der Waals surface area contributed by atoms with E-state index < -0.39 is 0 Å².